The highest BCUT2D eigenvalue weighted by Gasteiger charge is 2.11. The average Bonchev–Trinajstić information content (AvgIpc) is 2.35. The molecule has 1 unspecified atom stereocenters. The van der Waals surface area contributed by atoms with Crippen molar-refractivity contribution in [3.63, 3.8) is 0 Å². The Morgan fingerprint density at radius 2 is 2.17 bits per heavy atom. The van der Waals surface area contributed by atoms with Crippen molar-refractivity contribution in [1.82, 2.24) is 5.32 Å². The number of nitrogens with one attached hydrogen (secondary N) is 1. The van der Waals surface area contributed by atoms with Crippen LogP contribution < -0.4 is 11.1 Å². The number of nitrogen functional groups attached to an aromatic ring is 1. The van der Waals surface area contributed by atoms with E-state index in [-0.39, 0.29) is 11.7 Å². The second kappa shape index (κ2) is 7.84. The van der Waals surface area contributed by atoms with Gasteiger partial charge in [0, 0.05) is 25.9 Å². The topological polar surface area (TPSA) is 81.4 Å². The Labute approximate surface area is 109 Å². The van der Waals surface area contributed by atoms with E-state index in [1.165, 1.54) is 0 Å². The number of hydrogen-bond donors (Lipinski definition) is 2. The molecule has 5 nitrogen and oxygen atoms in total. The molecule has 1 rings (SSSR count). The summed E-state index contributed by atoms with van der Waals surface area (Å²) in [5.74, 6) is -0.311. The summed E-state index contributed by atoms with van der Waals surface area (Å²) in [6.45, 7) is 1.11. The van der Waals surface area contributed by atoms with Crippen LogP contribution in [0.5, 0.6) is 0 Å². The van der Waals surface area contributed by atoms with Gasteiger partial charge in [-0.3, -0.25) is 9.00 Å². The number of carbonyl (C=O) groups is 1. The van der Waals surface area contributed by atoms with E-state index >= 15 is 0 Å². The Balaban J connectivity index is 2.41. The Bertz CT molecular complexity index is 424. The van der Waals surface area contributed by atoms with Crippen LogP contribution in [0, 0.1) is 0 Å². The second-order valence-corrected chi connectivity index (χ2v) is 5.14. The molecule has 1 aromatic carbocycles. The molecule has 0 heterocycles. The van der Waals surface area contributed by atoms with Crippen LogP contribution in [-0.2, 0) is 20.3 Å². The smallest absolute Gasteiger partial charge is 0.233 e. The Morgan fingerprint density at radius 1 is 1.44 bits per heavy atom. The lowest BCUT2D eigenvalue weighted by molar-refractivity contribution is -0.118. The van der Waals surface area contributed by atoms with Gasteiger partial charge in [0.05, 0.1) is 15.7 Å². The lowest BCUT2D eigenvalue weighted by atomic mass is 10.3. The van der Waals surface area contributed by atoms with Gasteiger partial charge in [0.2, 0.25) is 5.91 Å². The van der Waals surface area contributed by atoms with Gasteiger partial charge in [0.25, 0.3) is 0 Å². The number of nitrogens with two attached hydrogens (primary N) is 1. The van der Waals surface area contributed by atoms with Gasteiger partial charge < -0.3 is 15.8 Å². The van der Waals surface area contributed by atoms with Gasteiger partial charge in [0.15, 0.2) is 0 Å². The van der Waals surface area contributed by atoms with Gasteiger partial charge in [-0.2, -0.15) is 0 Å². The maximum Gasteiger partial charge on any atom is 0.233 e. The van der Waals surface area contributed by atoms with E-state index in [0.29, 0.717) is 23.7 Å². The monoisotopic (exact) mass is 270 g/mol. The quantitative estimate of drug-likeness (QED) is 0.559. The Morgan fingerprint density at radius 3 is 2.83 bits per heavy atom. The van der Waals surface area contributed by atoms with E-state index in [9.17, 15) is 9.00 Å². The molecule has 1 atom stereocenters. The normalized spacial score (nSPS) is 12.1. The molecule has 0 aromatic heterocycles. The molecule has 0 bridgehead atoms. The summed E-state index contributed by atoms with van der Waals surface area (Å²) in [4.78, 5) is 12.0. The number of rotatable bonds is 7. The van der Waals surface area contributed by atoms with Crippen molar-refractivity contribution in [2.45, 2.75) is 11.3 Å². The molecule has 1 aromatic rings. The lowest BCUT2D eigenvalue weighted by Crippen LogP contribution is -2.29. The van der Waals surface area contributed by atoms with Crippen molar-refractivity contribution >= 4 is 22.4 Å². The fraction of sp³-hybridized carbons (Fsp3) is 0.417. The fourth-order valence-corrected chi connectivity index (χ4v) is 2.44. The SMILES string of the molecule is COCCCNC(=O)CS(=O)c1ccccc1N. The van der Waals surface area contributed by atoms with Gasteiger partial charge in [-0.15, -0.1) is 0 Å². The van der Waals surface area contributed by atoms with Gasteiger partial charge in [0.1, 0.15) is 5.75 Å². The maximum absolute atomic E-state index is 11.9. The molecule has 0 spiro atoms. The van der Waals surface area contributed by atoms with E-state index in [4.69, 9.17) is 10.5 Å². The Kier molecular flexibility index (Phi) is 6.38. The first-order chi connectivity index (χ1) is 8.65. The first kappa shape index (κ1) is 14.7. The van der Waals surface area contributed by atoms with Crippen LogP contribution in [0.15, 0.2) is 29.2 Å². The highest BCUT2D eigenvalue weighted by molar-refractivity contribution is 7.86. The van der Waals surface area contributed by atoms with E-state index in [0.717, 1.165) is 6.42 Å². The molecular weight excluding hydrogens is 252 g/mol. The van der Waals surface area contributed by atoms with Gasteiger partial charge in [-0.1, -0.05) is 12.1 Å². The largest absolute Gasteiger partial charge is 0.398 e. The molecule has 0 aliphatic heterocycles. The number of methoxy groups -OCH3 is 1. The number of amides is 1. The van der Waals surface area contributed by atoms with Crippen molar-refractivity contribution in [3.05, 3.63) is 24.3 Å². The van der Waals surface area contributed by atoms with Gasteiger partial charge in [-0.05, 0) is 18.6 Å². The number of anilines is 1. The average molecular weight is 270 g/mol. The molecule has 0 saturated heterocycles. The van der Waals surface area contributed by atoms with Crippen molar-refractivity contribution in [3.8, 4) is 0 Å². The fourth-order valence-electron chi connectivity index (χ4n) is 1.38. The van der Waals surface area contributed by atoms with E-state index < -0.39 is 10.8 Å². The summed E-state index contributed by atoms with van der Waals surface area (Å²) in [6.07, 6.45) is 0.738. The molecule has 18 heavy (non-hydrogen) atoms. The van der Waals surface area contributed by atoms with Crippen molar-refractivity contribution < 1.29 is 13.7 Å². The van der Waals surface area contributed by atoms with Crippen LogP contribution in [0.3, 0.4) is 0 Å². The molecule has 100 valence electrons. The third-order valence-corrected chi connectivity index (χ3v) is 3.66. The number of para-hydroxylation sites is 1. The maximum atomic E-state index is 11.9. The minimum absolute atomic E-state index is 0.0683. The third-order valence-electron chi connectivity index (χ3n) is 2.27. The number of benzene rings is 1. The molecule has 6 heteroatoms. The molecule has 0 fully saturated rings. The summed E-state index contributed by atoms with van der Waals surface area (Å²) in [7, 11) is 0.206. The standard InChI is InChI=1S/C12H18N2O3S/c1-17-8-4-7-14-12(15)9-18(16)11-6-3-2-5-10(11)13/h2-3,5-6H,4,7-9,13H2,1H3,(H,14,15). The van der Waals surface area contributed by atoms with Crippen molar-refractivity contribution in [2.24, 2.45) is 0 Å². The molecular formula is C12H18N2O3S. The molecule has 0 aliphatic carbocycles. The third kappa shape index (κ3) is 4.85. The predicted octanol–water partition coefficient (Wildman–Crippen LogP) is 0.529. The molecule has 3 N–H and O–H groups in total. The van der Waals surface area contributed by atoms with Crippen molar-refractivity contribution in [2.75, 3.05) is 31.7 Å². The minimum atomic E-state index is -1.40. The highest BCUT2D eigenvalue weighted by Crippen LogP contribution is 2.15. The zero-order chi connectivity index (χ0) is 13.4. The zero-order valence-electron chi connectivity index (χ0n) is 10.3. The van der Waals surface area contributed by atoms with E-state index in [1.807, 2.05) is 0 Å². The van der Waals surface area contributed by atoms with Crippen LogP contribution in [0.1, 0.15) is 6.42 Å². The Hall–Kier alpha value is -1.40. The van der Waals surface area contributed by atoms with Gasteiger partial charge in [-0.25, -0.2) is 0 Å². The molecule has 0 aliphatic rings. The predicted molar refractivity (Wildman–Crippen MR) is 71.6 cm³/mol. The van der Waals surface area contributed by atoms with Crippen LogP contribution in [0.25, 0.3) is 0 Å². The first-order valence-electron chi connectivity index (χ1n) is 5.63. The second-order valence-electron chi connectivity index (χ2n) is 3.72. The van der Waals surface area contributed by atoms with E-state index in [1.54, 1.807) is 31.4 Å². The molecule has 1 amide bonds. The number of hydrogen-bond acceptors (Lipinski definition) is 4. The van der Waals surface area contributed by atoms with Crippen LogP contribution >= 0.6 is 0 Å². The van der Waals surface area contributed by atoms with Crippen molar-refractivity contribution in [1.29, 1.82) is 0 Å². The first-order valence-corrected chi connectivity index (χ1v) is 6.95. The number of ether oxygens (including phenoxy) is 1. The summed E-state index contributed by atoms with van der Waals surface area (Å²) in [5.41, 5.74) is 6.14. The van der Waals surface area contributed by atoms with Crippen LogP contribution in [0.2, 0.25) is 0 Å². The minimum Gasteiger partial charge on any atom is -0.398 e. The summed E-state index contributed by atoms with van der Waals surface area (Å²) in [6, 6.07) is 6.86. The van der Waals surface area contributed by atoms with E-state index in [2.05, 4.69) is 5.32 Å². The molecule has 0 saturated carbocycles. The summed E-state index contributed by atoms with van der Waals surface area (Å²) in [5, 5.41) is 2.68. The summed E-state index contributed by atoms with van der Waals surface area (Å²) < 4.78 is 16.8. The van der Waals surface area contributed by atoms with Crippen LogP contribution in [-0.4, -0.2) is 36.1 Å². The number of carbonyl (C=O) groups excluding carboxylic acids is 1. The lowest BCUT2D eigenvalue weighted by Gasteiger charge is -2.06. The zero-order valence-corrected chi connectivity index (χ0v) is 11.2. The summed E-state index contributed by atoms with van der Waals surface area (Å²) >= 11 is 0. The highest BCUT2D eigenvalue weighted by atomic mass is 32.2. The van der Waals surface area contributed by atoms with Crippen LogP contribution in [0.4, 0.5) is 5.69 Å². The molecule has 0 radical (unpaired) electrons. The van der Waals surface area contributed by atoms with Gasteiger partial charge >= 0.3 is 0 Å².